The van der Waals surface area contributed by atoms with Crippen LogP contribution in [0.1, 0.15) is 226 Å². The highest BCUT2D eigenvalue weighted by Gasteiger charge is 2.56. The SMILES string of the molecule is CCCCCCCCCCCCCCCCCCCCCCC[C@@H](O)C(=O)N[C@@H](CO[C@H]1O[C@H](CO)[C@H](O)[C@H](O[C@@H]2O[C@@H]([C@H](O)CO)[C@H](O)[C@H]2O[C@H]2O[C@@H]([C@H](O)CO)[C@H](O)[C@H]2O)[C@H]1O)[C@H](O)[C@H](O)CCCCCCCCCCC(C)C. The lowest BCUT2D eigenvalue weighted by Crippen LogP contribution is -2.62. The molecule has 0 radical (unpaired) electrons. The van der Waals surface area contributed by atoms with Crippen molar-refractivity contribution < 1.29 is 99.6 Å². The Balaban J connectivity index is 1.56. The maximum atomic E-state index is 13.5. The van der Waals surface area contributed by atoms with Crippen molar-refractivity contribution >= 4 is 5.91 Å². The maximum absolute atomic E-state index is 13.5. The Hall–Kier alpha value is -1.29. The zero-order valence-corrected chi connectivity index (χ0v) is 49.7. The molecule has 0 saturated carbocycles. The number of hydrogen-bond acceptors (Lipinski definition) is 20. The second-order valence-electron chi connectivity index (χ2n) is 24.0. The van der Waals surface area contributed by atoms with E-state index in [1.54, 1.807) is 0 Å². The summed E-state index contributed by atoms with van der Waals surface area (Å²) >= 11 is 0. The fraction of sp³-hybridized carbons (Fsp3) is 0.983. The molecule has 21 heteroatoms. The number of carbonyl (C=O) groups excluding carboxylic acids is 1. The third-order valence-corrected chi connectivity index (χ3v) is 16.5. The Kier molecular flexibility index (Phi) is 39.6. The highest BCUT2D eigenvalue weighted by molar-refractivity contribution is 5.80. The molecule has 3 rings (SSSR count). The molecule has 19 atom stereocenters. The molecule has 3 aliphatic heterocycles. The minimum atomic E-state index is -1.96. The van der Waals surface area contributed by atoms with Gasteiger partial charge in [-0.3, -0.25) is 4.79 Å². The van der Waals surface area contributed by atoms with Crippen LogP contribution in [0.2, 0.25) is 0 Å². The summed E-state index contributed by atoms with van der Waals surface area (Å²) in [4.78, 5) is 13.5. The molecule has 0 aromatic carbocycles. The standard InChI is InChI=1S/C60H115NO20/c1-4-5-6-7-8-9-10-11-12-13-14-15-16-17-18-19-20-21-26-29-32-35-43(66)57(75)61-41(47(69)42(65)34-31-28-25-23-22-24-27-30-33-40(2)3)39-76-58-52(74)55(48(70)46(38-64)77-58)80-60-56(51(73)54(79-60)45(68)37-63)81-59-50(72)49(71)53(78-59)44(67)36-62/h40-56,58-60,62-74H,4-39H2,1-3H3,(H,61,75)/t41-,42+,43+,44+,45+,46+,47-,48-,49+,50+,51-,52+,53-,54-,55-,56+,58-,59+,60-/m0/s1. The Labute approximate surface area is 484 Å². The second-order valence-corrected chi connectivity index (χ2v) is 24.0. The molecular weight excluding hydrogens is 1050 g/mol. The van der Waals surface area contributed by atoms with Gasteiger partial charge in [0.1, 0.15) is 85.5 Å². The molecule has 3 heterocycles. The number of rotatable bonds is 49. The van der Waals surface area contributed by atoms with E-state index < -0.39 is 149 Å². The van der Waals surface area contributed by atoms with Crippen molar-refractivity contribution in [2.45, 2.75) is 343 Å². The van der Waals surface area contributed by atoms with Gasteiger partial charge in [0.15, 0.2) is 18.9 Å². The van der Waals surface area contributed by atoms with Crippen molar-refractivity contribution in [3.8, 4) is 0 Å². The van der Waals surface area contributed by atoms with E-state index in [0.29, 0.717) is 18.8 Å². The first kappa shape index (κ1) is 74.0. The van der Waals surface area contributed by atoms with Crippen LogP contribution in [0.5, 0.6) is 0 Å². The molecule has 0 bridgehead atoms. The van der Waals surface area contributed by atoms with E-state index in [1.165, 1.54) is 128 Å². The summed E-state index contributed by atoms with van der Waals surface area (Å²) in [6, 6.07) is -1.37. The topological polar surface area (TPSA) is 347 Å². The molecule has 0 aromatic rings. The van der Waals surface area contributed by atoms with Crippen LogP contribution in [0.3, 0.4) is 0 Å². The average molecular weight is 1170 g/mol. The minimum Gasteiger partial charge on any atom is -0.394 e. The summed E-state index contributed by atoms with van der Waals surface area (Å²) in [7, 11) is 0. The van der Waals surface area contributed by atoms with Crippen molar-refractivity contribution in [1.82, 2.24) is 5.32 Å². The molecule has 0 aromatic heterocycles. The molecular formula is C60H115NO20. The summed E-state index contributed by atoms with van der Waals surface area (Å²) in [6.07, 6.45) is 4.86. The molecule has 14 N–H and O–H groups in total. The molecule has 0 unspecified atom stereocenters. The van der Waals surface area contributed by atoms with Gasteiger partial charge in [0.25, 0.3) is 0 Å². The monoisotopic (exact) mass is 1170 g/mol. The predicted molar refractivity (Wildman–Crippen MR) is 303 cm³/mol. The highest BCUT2D eigenvalue weighted by Crippen LogP contribution is 2.36. The predicted octanol–water partition coefficient (Wildman–Crippen LogP) is 4.18. The fourth-order valence-corrected chi connectivity index (χ4v) is 11.2. The van der Waals surface area contributed by atoms with Crippen LogP contribution in [-0.2, 0) is 33.2 Å². The van der Waals surface area contributed by atoms with Crippen molar-refractivity contribution in [2.24, 2.45) is 5.92 Å². The summed E-state index contributed by atoms with van der Waals surface area (Å²) in [5, 5.41) is 142. The molecule has 1 amide bonds. The van der Waals surface area contributed by atoms with Gasteiger partial charge >= 0.3 is 0 Å². The van der Waals surface area contributed by atoms with Crippen LogP contribution in [0.4, 0.5) is 0 Å². The van der Waals surface area contributed by atoms with Gasteiger partial charge in [-0.2, -0.15) is 0 Å². The highest BCUT2D eigenvalue weighted by atomic mass is 16.8. The fourth-order valence-electron chi connectivity index (χ4n) is 11.2. The Morgan fingerprint density at radius 2 is 0.889 bits per heavy atom. The van der Waals surface area contributed by atoms with Gasteiger partial charge in [0, 0.05) is 0 Å². The third kappa shape index (κ3) is 27.5. The van der Waals surface area contributed by atoms with E-state index in [4.69, 9.17) is 28.4 Å². The minimum absolute atomic E-state index is 0.158. The number of unbranched alkanes of at least 4 members (excludes halogenated alkanes) is 27. The van der Waals surface area contributed by atoms with Gasteiger partial charge in [-0.05, 0) is 18.8 Å². The first-order valence-electron chi connectivity index (χ1n) is 31.8. The molecule has 0 spiro atoms. The number of nitrogens with one attached hydrogen (secondary N) is 1. The quantitative estimate of drug-likeness (QED) is 0.0380. The Morgan fingerprint density at radius 3 is 1.35 bits per heavy atom. The van der Waals surface area contributed by atoms with Gasteiger partial charge in [0.05, 0.1) is 38.6 Å². The average Bonchev–Trinajstić information content (AvgIpc) is 4.08. The van der Waals surface area contributed by atoms with Crippen molar-refractivity contribution in [1.29, 1.82) is 0 Å². The van der Waals surface area contributed by atoms with Crippen LogP contribution in [0.25, 0.3) is 0 Å². The lowest BCUT2D eigenvalue weighted by molar-refractivity contribution is -0.338. The van der Waals surface area contributed by atoms with E-state index in [9.17, 15) is 71.2 Å². The zero-order valence-electron chi connectivity index (χ0n) is 49.7. The van der Waals surface area contributed by atoms with E-state index in [1.807, 2.05) is 0 Å². The number of carbonyl (C=O) groups is 1. The molecule has 480 valence electrons. The molecule has 21 nitrogen and oxygen atoms in total. The summed E-state index contributed by atoms with van der Waals surface area (Å²) in [6.45, 7) is 3.47. The van der Waals surface area contributed by atoms with Gasteiger partial charge in [-0.15, -0.1) is 0 Å². The molecule has 3 fully saturated rings. The lowest BCUT2D eigenvalue weighted by Gasteiger charge is -2.43. The van der Waals surface area contributed by atoms with Gasteiger partial charge in [0.2, 0.25) is 5.91 Å². The smallest absolute Gasteiger partial charge is 0.249 e. The van der Waals surface area contributed by atoms with Crippen LogP contribution in [0.15, 0.2) is 0 Å². The van der Waals surface area contributed by atoms with E-state index >= 15 is 0 Å². The second kappa shape index (κ2) is 43.4. The summed E-state index contributed by atoms with van der Waals surface area (Å²) in [5.74, 6) is -0.116. The van der Waals surface area contributed by atoms with Crippen LogP contribution in [-0.4, -0.2) is 215 Å². The van der Waals surface area contributed by atoms with Crippen LogP contribution in [0, 0.1) is 5.92 Å². The molecule has 3 aliphatic rings. The molecule has 0 aliphatic carbocycles. The van der Waals surface area contributed by atoms with E-state index in [2.05, 4.69) is 26.1 Å². The first-order chi connectivity index (χ1) is 39.0. The zero-order chi connectivity index (χ0) is 59.5. The van der Waals surface area contributed by atoms with Crippen molar-refractivity contribution in [2.75, 3.05) is 26.4 Å². The maximum Gasteiger partial charge on any atom is 0.249 e. The van der Waals surface area contributed by atoms with Gasteiger partial charge in [-0.25, -0.2) is 0 Å². The van der Waals surface area contributed by atoms with Crippen molar-refractivity contribution in [3.63, 3.8) is 0 Å². The number of aliphatic hydroxyl groups excluding tert-OH is 13. The Bertz CT molecular complexity index is 1540. The first-order valence-corrected chi connectivity index (χ1v) is 31.8. The number of hydrogen-bond donors (Lipinski definition) is 14. The van der Waals surface area contributed by atoms with E-state index in [-0.39, 0.29) is 12.8 Å². The van der Waals surface area contributed by atoms with Crippen LogP contribution >= 0.6 is 0 Å². The summed E-state index contributed by atoms with van der Waals surface area (Å²) < 4.78 is 34.5. The Morgan fingerprint density at radius 1 is 0.469 bits per heavy atom. The van der Waals surface area contributed by atoms with Gasteiger partial charge < -0.3 is 100 Å². The van der Waals surface area contributed by atoms with Crippen LogP contribution < -0.4 is 5.32 Å². The van der Waals surface area contributed by atoms with E-state index in [0.717, 1.165) is 51.4 Å². The number of amides is 1. The molecule has 81 heavy (non-hydrogen) atoms. The number of aliphatic hydroxyl groups is 13. The molecule has 3 saturated heterocycles. The summed E-state index contributed by atoms with van der Waals surface area (Å²) in [5.41, 5.74) is 0. The normalized spacial score (nSPS) is 29.3. The number of ether oxygens (including phenoxy) is 6. The lowest BCUT2D eigenvalue weighted by atomic mass is 9.98. The largest absolute Gasteiger partial charge is 0.394 e. The van der Waals surface area contributed by atoms with Gasteiger partial charge in [-0.1, -0.05) is 213 Å². The van der Waals surface area contributed by atoms with Crippen molar-refractivity contribution in [3.05, 3.63) is 0 Å². The third-order valence-electron chi connectivity index (χ3n) is 16.5.